The second kappa shape index (κ2) is 5.83. The summed E-state index contributed by atoms with van der Waals surface area (Å²) >= 11 is 0. The minimum Gasteiger partial charge on any atom is -0.379 e. The van der Waals surface area contributed by atoms with E-state index in [0.717, 1.165) is 25.5 Å². The van der Waals surface area contributed by atoms with Gasteiger partial charge in [-0.25, -0.2) is 0 Å². The largest absolute Gasteiger partial charge is 0.379 e. The first-order valence-electron chi connectivity index (χ1n) is 5.89. The van der Waals surface area contributed by atoms with Gasteiger partial charge in [0.1, 0.15) is 0 Å². The van der Waals surface area contributed by atoms with E-state index in [9.17, 15) is 0 Å². The van der Waals surface area contributed by atoms with E-state index in [4.69, 9.17) is 9.47 Å². The van der Waals surface area contributed by atoms with Crippen molar-refractivity contribution >= 4 is 0 Å². The van der Waals surface area contributed by atoms with Crippen LogP contribution in [0.5, 0.6) is 0 Å². The smallest absolute Gasteiger partial charge is 0.0644 e. The van der Waals surface area contributed by atoms with Gasteiger partial charge in [0, 0.05) is 13.7 Å². The number of hydrogen-bond acceptors (Lipinski definition) is 3. The molecule has 0 unspecified atom stereocenters. The summed E-state index contributed by atoms with van der Waals surface area (Å²) in [4.78, 5) is 0. The first-order valence-corrected chi connectivity index (χ1v) is 5.89. The Labute approximate surface area is 93.5 Å². The highest BCUT2D eigenvalue weighted by Crippen LogP contribution is 2.29. The zero-order chi connectivity index (χ0) is 11.3. The molecular weight excluding hydrogens is 190 g/mol. The lowest BCUT2D eigenvalue weighted by molar-refractivity contribution is -0.0614. The molecule has 3 nitrogen and oxygen atoms in total. The average Bonchev–Trinajstić information content (AvgIpc) is 2.14. The zero-order valence-electron chi connectivity index (χ0n) is 10.5. The molecule has 1 N–H and O–H groups in total. The number of hydrogen-bond donors (Lipinski definition) is 1. The molecule has 0 aromatic rings. The van der Waals surface area contributed by atoms with E-state index in [1.807, 2.05) is 7.05 Å². The molecule has 0 saturated heterocycles. The predicted molar refractivity (Wildman–Crippen MR) is 62.1 cm³/mol. The predicted octanol–water partition coefficient (Wildman–Crippen LogP) is 1.82. The lowest BCUT2D eigenvalue weighted by Crippen LogP contribution is -2.37. The van der Waals surface area contributed by atoms with E-state index in [2.05, 4.69) is 19.2 Å². The Kier molecular flexibility index (Phi) is 5.03. The lowest BCUT2D eigenvalue weighted by atomic mass is 9.82. The van der Waals surface area contributed by atoms with Crippen LogP contribution < -0.4 is 5.32 Å². The minimum atomic E-state index is -0.0475. The third-order valence-corrected chi connectivity index (χ3v) is 3.30. The average molecular weight is 215 g/mol. The van der Waals surface area contributed by atoms with Crippen LogP contribution in [-0.4, -0.2) is 39.0 Å². The molecule has 0 heterocycles. The van der Waals surface area contributed by atoms with Crippen molar-refractivity contribution in [1.82, 2.24) is 5.32 Å². The second-order valence-electron chi connectivity index (χ2n) is 5.10. The van der Waals surface area contributed by atoms with Gasteiger partial charge in [0.15, 0.2) is 0 Å². The van der Waals surface area contributed by atoms with Crippen LogP contribution in [0.2, 0.25) is 0 Å². The van der Waals surface area contributed by atoms with Crippen molar-refractivity contribution in [2.24, 2.45) is 5.92 Å². The van der Waals surface area contributed by atoms with Crippen LogP contribution in [-0.2, 0) is 9.47 Å². The molecule has 90 valence electrons. The van der Waals surface area contributed by atoms with E-state index >= 15 is 0 Å². The van der Waals surface area contributed by atoms with Crippen LogP contribution in [0.4, 0.5) is 0 Å². The highest BCUT2D eigenvalue weighted by Gasteiger charge is 2.29. The molecule has 3 heteroatoms. The lowest BCUT2D eigenvalue weighted by Gasteiger charge is -2.35. The van der Waals surface area contributed by atoms with Crippen LogP contribution in [0, 0.1) is 5.92 Å². The van der Waals surface area contributed by atoms with Gasteiger partial charge in [0.05, 0.1) is 11.7 Å². The van der Waals surface area contributed by atoms with Gasteiger partial charge in [-0.15, -0.1) is 0 Å². The fraction of sp³-hybridized carbons (Fsp3) is 1.00. The van der Waals surface area contributed by atoms with E-state index in [-0.39, 0.29) is 5.60 Å². The molecule has 0 amide bonds. The van der Waals surface area contributed by atoms with Crippen LogP contribution in [0.3, 0.4) is 0 Å². The molecule has 0 aliphatic heterocycles. The monoisotopic (exact) mass is 215 g/mol. The number of nitrogens with one attached hydrogen (secondary N) is 1. The van der Waals surface area contributed by atoms with Crippen LogP contribution in [0.25, 0.3) is 0 Å². The second-order valence-corrected chi connectivity index (χ2v) is 5.10. The van der Waals surface area contributed by atoms with E-state index in [1.165, 1.54) is 12.8 Å². The Hall–Kier alpha value is -0.120. The Morgan fingerprint density at radius 2 is 2.00 bits per heavy atom. The van der Waals surface area contributed by atoms with Crippen molar-refractivity contribution in [1.29, 1.82) is 0 Å². The highest BCUT2D eigenvalue weighted by atomic mass is 16.5. The summed E-state index contributed by atoms with van der Waals surface area (Å²) in [7, 11) is 3.77. The molecule has 1 rings (SSSR count). The van der Waals surface area contributed by atoms with Crippen molar-refractivity contribution in [2.75, 3.05) is 27.3 Å². The molecule has 1 saturated carbocycles. The summed E-state index contributed by atoms with van der Waals surface area (Å²) in [6.45, 7) is 6.14. The number of rotatable bonds is 7. The molecular formula is C12H25NO2. The molecule has 0 aromatic carbocycles. The van der Waals surface area contributed by atoms with Gasteiger partial charge in [0.25, 0.3) is 0 Å². The SMILES string of the molecule is CNCC1CC(OCCC(C)(C)OC)C1. The normalized spacial score (nSPS) is 26.4. The first-order chi connectivity index (χ1) is 7.07. The van der Waals surface area contributed by atoms with Crippen molar-refractivity contribution in [2.45, 2.75) is 44.8 Å². The third kappa shape index (κ3) is 4.49. The van der Waals surface area contributed by atoms with Gasteiger partial charge in [-0.1, -0.05) is 0 Å². The topological polar surface area (TPSA) is 30.5 Å². The molecule has 1 aliphatic rings. The van der Waals surface area contributed by atoms with Gasteiger partial charge in [0.2, 0.25) is 0 Å². The number of methoxy groups -OCH3 is 1. The molecule has 0 radical (unpaired) electrons. The van der Waals surface area contributed by atoms with Gasteiger partial charge in [-0.05, 0) is 52.6 Å². The summed E-state index contributed by atoms with van der Waals surface area (Å²) < 4.78 is 11.1. The first kappa shape index (κ1) is 12.9. The molecule has 15 heavy (non-hydrogen) atoms. The van der Waals surface area contributed by atoms with Crippen LogP contribution >= 0.6 is 0 Å². The van der Waals surface area contributed by atoms with Gasteiger partial charge in [-0.3, -0.25) is 0 Å². The Morgan fingerprint density at radius 1 is 1.33 bits per heavy atom. The molecule has 0 atom stereocenters. The molecule has 0 bridgehead atoms. The van der Waals surface area contributed by atoms with Crippen molar-refractivity contribution in [3.8, 4) is 0 Å². The molecule has 0 aromatic heterocycles. The summed E-state index contributed by atoms with van der Waals surface area (Å²) in [6, 6.07) is 0. The minimum absolute atomic E-state index is 0.0475. The van der Waals surface area contributed by atoms with E-state index in [0.29, 0.717) is 6.10 Å². The van der Waals surface area contributed by atoms with E-state index in [1.54, 1.807) is 7.11 Å². The van der Waals surface area contributed by atoms with Crippen molar-refractivity contribution < 1.29 is 9.47 Å². The highest BCUT2D eigenvalue weighted by molar-refractivity contribution is 4.81. The summed E-state index contributed by atoms with van der Waals surface area (Å²) in [6.07, 6.45) is 3.90. The maximum atomic E-state index is 5.78. The van der Waals surface area contributed by atoms with Gasteiger partial charge in [-0.2, -0.15) is 0 Å². The quantitative estimate of drug-likeness (QED) is 0.702. The Balaban J connectivity index is 1.99. The molecule has 1 fully saturated rings. The Morgan fingerprint density at radius 3 is 2.53 bits per heavy atom. The third-order valence-electron chi connectivity index (χ3n) is 3.30. The van der Waals surface area contributed by atoms with Gasteiger partial charge < -0.3 is 14.8 Å². The van der Waals surface area contributed by atoms with Crippen molar-refractivity contribution in [3.63, 3.8) is 0 Å². The fourth-order valence-electron chi connectivity index (χ4n) is 1.84. The van der Waals surface area contributed by atoms with E-state index < -0.39 is 0 Å². The fourth-order valence-corrected chi connectivity index (χ4v) is 1.84. The summed E-state index contributed by atoms with van der Waals surface area (Å²) in [5.74, 6) is 0.829. The zero-order valence-corrected chi connectivity index (χ0v) is 10.5. The maximum Gasteiger partial charge on any atom is 0.0644 e. The molecule has 1 aliphatic carbocycles. The molecule has 0 spiro atoms. The van der Waals surface area contributed by atoms with Crippen LogP contribution in [0.1, 0.15) is 33.1 Å². The maximum absolute atomic E-state index is 5.78. The van der Waals surface area contributed by atoms with Gasteiger partial charge >= 0.3 is 0 Å². The number of ether oxygens (including phenoxy) is 2. The standard InChI is InChI=1S/C12H25NO2/c1-12(2,14-4)5-6-15-11-7-10(8-11)9-13-3/h10-11,13H,5-9H2,1-4H3. The summed E-state index contributed by atoms with van der Waals surface area (Å²) in [5, 5.41) is 3.20. The van der Waals surface area contributed by atoms with Crippen LogP contribution in [0.15, 0.2) is 0 Å². The Bertz CT molecular complexity index is 176. The van der Waals surface area contributed by atoms with Crippen molar-refractivity contribution in [3.05, 3.63) is 0 Å². The summed E-state index contributed by atoms with van der Waals surface area (Å²) in [5.41, 5.74) is -0.0475.